The number of likely N-dealkylation sites (tertiary alicyclic amines) is 1. The quantitative estimate of drug-likeness (QED) is 0.528. The molecule has 1 heterocycles. The third-order valence-electron chi connectivity index (χ3n) is 4.83. The van der Waals surface area contributed by atoms with Gasteiger partial charge in [0.15, 0.2) is 0 Å². The molecule has 1 fully saturated rings. The maximum absolute atomic E-state index is 12.5. The molecule has 1 aliphatic heterocycles. The molecule has 0 unspecified atom stereocenters. The van der Waals surface area contributed by atoms with Gasteiger partial charge in [0.1, 0.15) is 17.9 Å². The average Bonchev–Trinajstić information content (AvgIpc) is 2.68. The molecule has 1 aromatic rings. The minimum atomic E-state index is -0.343. The molecule has 7 nitrogen and oxygen atoms in total. The minimum absolute atomic E-state index is 0.128. The molecule has 27 heavy (non-hydrogen) atoms. The monoisotopic (exact) mass is 378 g/mol. The molecule has 0 radical (unpaired) electrons. The van der Waals surface area contributed by atoms with Gasteiger partial charge in [-0.2, -0.15) is 0 Å². The Hall–Kier alpha value is -2.28. The fourth-order valence-electron chi connectivity index (χ4n) is 3.39. The van der Waals surface area contributed by atoms with Crippen LogP contribution in [0.5, 0.6) is 11.5 Å². The normalized spacial score (nSPS) is 16.7. The van der Waals surface area contributed by atoms with Crippen LogP contribution in [0.1, 0.15) is 32.1 Å². The summed E-state index contributed by atoms with van der Waals surface area (Å²) < 4.78 is 15.5. The predicted octanol–water partition coefficient (Wildman–Crippen LogP) is 2.70. The van der Waals surface area contributed by atoms with E-state index in [4.69, 9.17) is 14.2 Å². The van der Waals surface area contributed by atoms with Crippen molar-refractivity contribution in [3.05, 3.63) is 18.2 Å². The van der Waals surface area contributed by atoms with Gasteiger partial charge in [0.25, 0.3) is 0 Å². The minimum Gasteiger partial charge on any atom is -0.497 e. The molecule has 1 N–H and O–H groups in total. The number of piperidine rings is 1. The third-order valence-corrected chi connectivity index (χ3v) is 4.83. The molecule has 1 saturated heterocycles. The highest BCUT2D eigenvalue weighted by atomic mass is 16.5. The molecule has 1 aliphatic rings. The molecule has 2 amide bonds. The lowest BCUT2D eigenvalue weighted by atomic mass is 9.93. The van der Waals surface area contributed by atoms with Crippen molar-refractivity contribution >= 4 is 17.5 Å². The number of anilines is 1. The number of carbonyl (C=O) groups excluding carboxylic acids is 2. The number of carbonyl (C=O) groups is 2. The van der Waals surface area contributed by atoms with Gasteiger partial charge >= 0.3 is 0 Å². The maximum Gasteiger partial charge on any atom is 0.233 e. The van der Waals surface area contributed by atoms with Crippen molar-refractivity contribution in [2.45, 2.75) is 32.1 Å². The van der Waals surface area contributed by atoms with E-state index in [2.05, 4.69) is 5.32 Å². The van der Waals surface area contributed by atoms with Crippen molar-refractivity contribution in [1.29, 1.82) is 0 Å². The first kappa shape index (κ1) is 21.0. The van der Waals surface area contributed by atoms with E-state index in [0.717, 1.165) is 45.4 Å². The summed E-state index contributed by atoms with van der Waals surface area (Å²) in [4.78, 5) is 26.6. The fraction of sp³-hybridized carbons (Fsp3) is 0.600. The highest BCUT2D eigenvalue weighted by Gasteiger charge is 2.25. The van der Waals surface area contributed by atoms with Gasteiger partial charge in [0, 0.05) is 32.9 Å². The Balaban J connectivity index is 1.87. The van der Waals surface area contributed by atoms with Crippen LogP contribution in [0.25, 0.3) is 0 Å². The SMILES string of the molecule is COCCC[C@H]1CCCN(C(=O)CC(=O)Nc2ccc(OC)cc2OC)C1. The highest BCUT2D eigenvalue weighted by molar-refractivity contribution is 6.04. The fourth-order valence-corrected chi connectivity index (χ4v) is 3.39. The molecule has 0 aromatic heterocycles. The highest BCUT2D eigenvalue weighted by Crippen LogP contribution is 2.29. The number of amides is 2. The summed E-state index contributed by atoms with van der Waals surface area (Å²) in [5.41, 5.74) is 0.521. The number of benzene rings is 1. The Bertz CT molecular complexity index is 635. The van der Waals surface area contributed by atoms with Crippen LogP contribution in [0.4, 0.5) is 5.69 Å². The van der Waals surface area contributed by atoms with Crippen molar-refractivity contribution in [2.75, 3.05) is 46.3 Å². The van der Waals surface area contributed by atoms with Gasteiger partial charge in [-0.05, 0) is 43.7 Å². The summed E-state index contributed by atoms with van der Waals surface area (Å²) >= 11 is 0. The summed E-state index contributed by atoms with van der Waals surface area (Å²) in [6.07, 6.45) is 3.99. The van der Waals surface area contributed by atoms with Crippen LogP contribution in [0.15, 0.2) is 18.2 Å². The summed E-state index contributed by atoms with van der Waals surface area (Å²) in [7, 11) is 4.78. The van der Waals surface area contributed by atoms with E-state index in [1.807, 2.05) is 4.90 Å². The van der Waals surface area contributed by atoms with Gasteiger partial charge in [-0.15, -0.1) is 0 Å². The zero-order valence-electron chi connectivity index (χ0n) is 16.5. The van der Waals surface area contributed by atoms with E-state index in [-0.39, 0.29) is 18.2 Å². The predicted molar refractivity (Wildman–Crippen MR) is 103 cm³/mol. The summed E-state index contributed by atoms with van der Waals surface area (Å²) in [6, 6.07) is 5.12. The number of hydrogen-bond acceptors (Lipinski definition) is 5. The molecule has 1 atom stereocenters. The number of methoxy groups -OCH3 is 3. The zero-order valence-corrected chi connectivity index (χ0v) is 16.5. The molecular formula is C20H30N2O5. The van der Waals surface area contributed by atoms with E-state index < -0.39 is 0 Å². The second kappa shape index (κ2) is 10.8. The van der Waals surface area contributed by atoms with E-state index in [1.54, 1.807) is 32.4 Å². The van der Waals surface area contributed by atoms with Crippen LogP contribution < -0.4 is 14.8 Å². The van der Waals surface area contributed by atoms with Crippen LogP contribution >= 0.6 is 0 Å². The molecule has 1 aromatic carbocycles. The van der Waals surface area contributed by atoms with Crippen LogP contribution in [-0.4, -0.2) is 57.7 Å². The lowest BCUT2D eigenvalue weighted by molar-refractivity contribution is -0.136. The molecule has 7 heteroatoms. The Morgan fingerprint density at radius 2 is 2.04 bits per heavy atom. The van der Waals surface area contributed by atoms with Gasteiger partial charge in [0.05, 0.1) is 19.9 Å². The maximum atomic E-state index is 12.5. The van der Waals surface area contributed by atoms with E-state index in [1.165, 1.54) is 7.11 Å². The van der Waals surface area contributed by atoms with Crippen LogP contribution in [0.3, 0.4) is 0 Å². The third kappa shape index (κ3) is 6.43. The lowest BCUT2D eigenvalue weighted by Gasteiger charge is -2.32. The van der Waals surface area contributed by atoms with Gasteiger partial charge in [-0.3, -0.25) is 9.59 Å². The summed E-state index contributed by atoms with van der Waals surface area (Å²) in [6.45, 7) is 2.19. The largest absolute Gasteiger partial charge is 0.497 e. The first-order valence-electron chi connectivity index (χ1n) is 9.36. The first-order chi connectivity index (χ1) is 13.1. The zero-order chi connectivity index (χ0) is 19.6. The molecule has 2 rings (SSSR count). The summed E-state index contributed by atoms with van der Waals surface area (Å²) in [5, 5.41) is 2.75. The van der Waals surface area contributed by atoms with Crippen molar-refractivity contribution < 1.29 is 23.8 Å². The van der Waals surface area contributed by atoms with E-state index in [0.29, 0.717) is 23.1 Å². The second-order valence-electron chi connectivity index (χ2n) is 6.77. The van der Waals surface area contributed by atoms with Gasteiger partial charge in [0.2, 0.25) is 11.8 Å². The molecule has 0 aliphatic carbocycles. The topological polar surface area (TPSA) is 77.1 Å². The molecule has 0 saturated carbocycles. The van der Waals surface area contributed by atoms with E-state index in [9.17, 15) is 9.59 Å². The van der Waals surface area contributed by atoms with Crippen molar-refractivity contribution in [2.24, 2.45) is 5.92 Å². The Morgan fingerprint density at radius 3 is 2.74 bits per heavy atom. The summed E-state index contributed by atoms with van der Waals surface area (Å²) in [5.74, 6) is 1.14. The molecule has 0 spiro atoms. The Morgan fingerprint density at radius 1 is 1.22 bits per heavy atom. The number of ether oxygens (including phenoxy) is 3. The number of nitrogens with zero attached hydrogens (tertiary/aromatic N) is 1. The van der Waals surface area contributed by atoms with Gasteiger partial charge in [-0.25, -0.2) is 0 Å². The molecule has 150 valence electrons. The van der Waals surface area contributed by atoms with Crippen LogP contribution in [0, 0.1) is 5.92 Å². The van der Waals surface area contributed by atoms with E-state index >= 15 is 0 Å². The van der Waals surface area contributed by atoms with Crippen LogP contribution in [-0.2, 0) is 14.3 Å². The van der Waals surface area contributed by atoms with Gasteiger partial charge < -0.3 is 24.4 Å². The van der Waals surface area contributed by atoms with Crippen molar-refractivity contribution in [3.63, 3.8) is 0 Å². The van der Waals surface area contributed by atoms with Crippen molar-refractivity contribution in [1.82, 2.24) is 4.90 Å². The standard InChI is InChI=1S/C20H30N2O5/c1-25-11-5-7-15-6-4-10-22(14-15)20(24)13-19(23)21-17-9-8-16(26-2)12-18(17)27-3/h8-9,12,15H,4-7,10-11,13-14H2,1-3H3,(H,21,23)/t15-/m1/s1. The number of nitrogens with one attached hydrogen (secondary N) is 1. The van der Waals surface area contributed by atoms with Gasteiger partial charge in [-0.1, -0.05) is 0 Å². The second-order valence-corrected chi connectivity index (χ2v) is 6.77. The number of hydrogen-bond donors (Lipinski definition) is 1. The average molecular weight is 378 g/mol. The smallest absolute Gasteiger partial charge is 0.233 e. The molecule has 0 bridgehead atoms. The number of rotatable bonds is 9. The lowest BCUT2D eigenvalue weighted by Crippen LogP contribution is -2.41. The first-order valence-corrected chi connectivity index (χ1v) is 9.36. The Labute approximate surface area is 161 Å². The Kier molecular flexibility index (Phi) is 8.39. The van der Waals surface area contributed by atoms with Crippen LogP contribution in [0.2, 0.25) is 0 Å². The van der Waals surface area contributed by atoms with Crippen molar-refractivity contribution in [3.8, 4) is 11.5 Å². The molecular weight excluding hydrogens is 348 g/mol.